The van der Waals surface area contributed by atoms with Gasteiger partial charge in [-0.15, -0.1) is 0 Å². The summed E-state index contributed by atoms with van der Waals surface area (Å²) in [5.74, 6) is 1.29. The fraction of sp³-hybridized carbons (Fsp3) is 0.409. The Labute approximate surface area is 277 Å². The lowest BCUT2D eigenvalue weighted by Gasteiger charge is -2.20. The summed E-state index contributed by atoms with van der Waals surface area (Å²) in [6.45, 7) is 33.0. The summed E-state index contributed by atoms with van der Waals surface area (Å²) in [5, 5.41) is 3.48. The first kappa shape index (κ1) is 37.6. The first-order valence-corrected chi connectivity index (χ1v) is 17.0. The minimum absolute atomic E-state index is 0.128. The zero-order valence-electron chi connectivity index (χ0n) is 30.0. The van der Waals surface area contributed by atoms with Gasteiger partial charge in [0.25, 0.3) is 0 Å². The topological polar surface area (TPSA) is 12.0 Å². The van der Waals surface area contributed by atoms with Gasteiger partial charge in [0.15, 0.2) is 0 Å². The van der Waals surface area contributed by atoms with Crippen LogP contribution in [0.25, 0.3) is 5.70 Å². The molecule has 2 aromatic carbocycles. The van der Waals surface area contributed by atoms with Gasteiger partial charge in [-0.1, -0.05) is 166 Å². The number of nitrogens with one attached hydrogen (secondary N) is 1. The van der Waals surface area contributed by atoms with E-state index >= 15 is 0 Å². The van der Waals surface area contributed by atoms with E-state index in [1.807, 2.05) is 6.92 Å². The van der Waals surface area contributed by atoms with E-state index in [0.717, 1.165) is 41.8 Å². The van der Waals surface area contributed by atoms with Gasteiger partial charge in [0.05, 0.1) is 0 Å². The minimum Gasteiger partial charge on any atom is -0.355 e. The Morgan fingerprint density at radius 2 is 1.58 bits per heavy atom. The van der Waals surface area contributed by atoms with Crippen molar-refractivity contribution in [3.8, 4) is 0 Å². The monoisotopic (exact) mass is 603 g/mol. The van der Waals surface area contributed by atoms with Crippen LogP contribution in [0.3, 0.4) is 0 Å². The van der Waals surface area contributed by atoms with Crippen molar-refractivity contribution in [3.63, 3.8) is 0 Å². The summed E-state index contributed by atoms with van der Waals surface area (Å²) in [7, 11) is 0. The molecule has 0 bridgehead atoms. The second-order valence-corrected chi connectivity index (χ2v) is 13.7. The Hall–Kier alpha value is -3.58. The molecule has 2 rings (SSSR count). The lowest BCUT2D eigenvalue weighted by atomic mass is 9.85. The SMILES string of the molecule is C=C(CC)/C(=C\C(=C/C)C/C=C\C=C(\NC(=C)c1ccc(C(C)(C)C)cc1)C(=C)C)Cc1ccc(C(C)C(C)CCCC)cc1. The summed E-state index contributed by atoms with van der Waals surface area (Å²) < 4.78 is 0. The highest BCUT2D eigenvalue weighted by Gasteiger charge is 2.15. The van der Waals surface area contributed by atoms with E-state index < -0.39 is 0 Å². The van der Waals surface area contributed by atoms with E-state index in [1.165, 1.54) is 52.7 Å². The highest BCUT2D eigenvalue weighted by Crippen LogP contribution is 2.29. The maximum absolute atomic E-state index is 4.41. The first-order chi connectivity index (χ1) is 21.3. The predicted molar refractivity (Wildman–Crippen MR) is 202 cm³/mol. The number of benzene rings is 2. The Morgan fingerprint density at radius 3 is 2.11 bits per heavy atom. The van der Waals surface area contributed by atoms with E-state index in [0.29, 0.717) is 11.8 Å². The highest BCUT2D eigenvalue weighted by molar-refractivity contribution is 5.64. The molecule has 242 valence electrons. The highest BCUT2D eigenvalue weighted by atomic mass is 14.9. The van der Waals surface area contributed by atoms with Crippen molar-refractivity contribution in [1.29, 1.82) is 0 Å². The third-order valence-electron chi connectivity index (χ3n) is 8.98. The molecule has 0 aromatic heterocycles. The molecule has 0 aliphatic carbocycles. The molecule has 0 amide bonds. The molecule has 0 saturated heterocycles. The number of rotatable bonds is 17. The normalized spacial score (nSPS) is 14.4. The summed E-state index contributed by atoms with van der Waals surface area (Å²) in [6, 6.07) is 17.9. The average Bonchev–Trinajstić information content (AvgIpc) is 3.02. The van der Waals surface area contributed by atoms with Crippen LogP contribution in [0.4, 0.5) is 0 Å². The van der Waals surface area contributed by atoms with Gasteiger partial charge in [0.2, 0.25) is 0 Å². The molecule has 0 fully saturated rings. The molecule has 2 unspecified atom stereocenters. The van der Waals surface area contributed by atoms with Gasteiger partial charge in [0, 0.05) is 11.4 Å². The van der Waals surface area contributed by atoms with Crippen LogP contribution in [0.2, 0.25) is 0 Å². The van der Waals surface area contributed by atoms with Crippen LogP contribution in [-0.4, -0.2) is 0 Å². The van der Waals surface area contributed by atoms with Crippen molar-refractivity contribution in [1.82, 2.24) is 5.32 Å². The van der Waals surface area contributed by atoms with Crippen LogP contribution in [0.1, 0.15) is 123 Å². The van der Waals surface area contributed by atoms with Crippen molar-refractivity contribution in [2.75, 3.05) is 0 Å². The van der Waals surface area contributed by atoms with Crippen LogP contribution < -0.4 is 5.32 Å². The molecular formula is C44H61N. The van der Waals surface area contributed by atoms with Crippen LogP contribution in [-0.2, 0) is 11.8 Å². The second-order valence-electron chi connectivity index (χ2n) is 13.7. The van der Waals surface area contributed by atoms with Crippen LogP contribution in [0.5, 0.6) is 0 Å². The average molecular weight is 604 g/mol. The molecule has 45 heavy (non-hydrogen) atoms. The van der Waals surface area contributed by atoms with Crippen molar-refractivity contribution in [2.24, 2.45) is 5.92 Å². The predicted octanol–water partition coefficient (Wildman–Crippen LogP) is 13.0. The molecule has 0 radical (unpaired) electrons. The van der Waals surface area contributed by atoms with Gasteiger partial charge in [-0.25, -0.2) is 0 Å². The van der Waals surface area contributed by atoms with Crippen molar-refractivity contribution in [3.05, 3.63) is 149 Å². The van der Waals surface area contributed by atoms with Crippen molar-refractivity contribution < 1.29 is 0 Å². The van der Waals surface area contributed by atoms with Gasteiger partial charge in [-0.3, -0.25) is 0 Å². The van der Waals surface area contributed by atoms with Crippen LogP contribution >= 0.6 is 0 Å². The van der Waals surface area contributed by atoms with Crippen molar-refractivity contribution >= 4 is 5.70 Å². The van der Waals surface area contributed by atoms with Gasteiger partial charge in [-0.2, -0.15) is 0 Å². The number of hydrogen-bond acceptors (Lipinski definition) is 1. The number of hydrogen-bond donors (Lipinski definition) is 1. The quantitative estimate of drug-likeness (QED) is 0.177. The molecule has 1 nitrogen and oxygen atoms in total. The zero-order chi connectivity index (χ0) is 33.6. The summed E-state index contributed by atoms with van der Waals surface area (Å²) >= 11 is 0. The third-order valence-corrected chi connectivity index (χ3v) is 8.98. The standard InChI is InChI=1S/C44H61N/c1-13-16-19-34(7)35(8)39-24-22-38(23-25-39)31-41(33(6)14-2)30-37(15-3)20-17-18-21-43(32(4)5)45-36(9)40-26-28-42(29-27-40)44(10,11)12/h15,17-18,21-30,34-35,45H,4,6,9,13-14,16,19-20,31H2,1-3,5,7-8,10-12H3/b18-17-,37-15-,41-30-,43-21+. The van der Waals surface area contributed by atoms with E-state index in [-0.39, 0.29) is 5.41 Å². The summed E-state index contributed by atoms with van der Waals surface area (Å²) in [4.78, 5) is 0. The van der Waals surface area contributed by atoms with Gasteiger partial charge in [0.1, 0.15) is 0 Å². The fourth-order valence-corrected chi connectivity index (χ4v) is 5.32. The lowest BCUT2D eigenvalue weighted by molar-refractivity contribution is 0.436. The maximum atomic E-state index is 4.41. The van der Waals surface area contributed by atoms with E-state index in [4.69, 9.17) is 0 Å². The molecule has 1 N–H and O–H groups in total. The second kappa shape index (κ2) is 18.4. The number of allylic oxidation sites excluding steroid dienone is 9. The van der Waals surface area contributed by atoms with Gasteiger partial charge in [-0.05, 0) is 95.4 Å². The Morgan fingerprint density at radius 1 is 0.933 bits per heavy atom. The largest absolute Gasteiger partial charge is 0.355 e. The van der Waals surface area contributed by atoms with E-state index in [1.54, 1.807) is 0 Å². The molecule has 0 aliphatic heterocycles. The van der Waals surface area contributed by atoms with Crippen LogP contribution in [0, 0.1) is 5.92 Å². The molecule has 2 atom stereocenters. The van der Waals surface area contributed by atoms with E-state index in [2.05, 4.69) is 159 Å². The Kier molecular flexibility index (Phi) is 15.4. The fourth-order valence-electron chi connectivity index (χ4n) is 5.32. The summed E-state index contributed by atoms with van der Waals surface area (Å²) in [6.07, 6.45) is 17.5. The number of unbranched alkanes of at least 4 members (excludes halogenated alkanes) is 1. The van der Waals surface area contributed by atoms with Gasteiger partial charge >= 0.3 is 0 Å². The maximum Gasteiger partial charge on any atom is 0.0407 e. The molecule has 0 heterocycles. The summed E-state index contributed by atoms with van der Waals surface area (Å²) in [5.41, 5.74) is 11.9. The Bertz CT molecular complexity index is 1380. The van der Waals surface area contributed by atoms with Crippen molar-refractivity contribution in [2.45, 2.75) is 112 Å². The zero-order valence-corrected chi connectivity index (χ0v) is 30.0. The molecule has 2 aromatic rings. The minimum atomic E-state index is 0.128. The third kappa shape index (κ3) is 12.4. The smallest absolute Gasteiger partial charge is 0.0407 e. The van der Waals surface area contributed by atoms with Crippen LogP contribution in [0.15, 0.2) is 127 Å². The molecule has 1 heteroatoms. The molecule has 0 spiro atoms. The first-order valence-electron chi connectivity index (χ1n) is 17.0. The lowest BCUT2D eigenvalue weighted by Crippen LogP contribution is -2.13. The molecule has 0 saturated carbocycles. The molecular weight excluding hydrogens is 542 g/mol. The van der Waals surface area contributed by atoms with E-state index in [9.17, 15) is 0 Å². The molecule has 0 aliphatic rings. The Balaban J connectivity index is 2.12. The van der Waals surface area contributed by atoms with Gasteiger partial charge < -0.3 is 5.32 Å².